The van der Waals surface area contributed by atoms with E-state index in [2.05, 4.69) is 4.72 Å². The predicted molar refractivity (Wildman–Crippen MR) is 109 cm³/mol. The van der Waals surface area contributed by atoms with Crippen molar-refractivity contribution in [1.29, 1.82) is 0 Å². The second-order valence-corrected chi connectivity index (χ2v) is 8.20. The average molecular weight is 413 g/mol. The van der Waals surface area contributed by atoms with Gasteiger partial charge in [-0.15, -0.1) is 0 Å². The van der Waals surface area contributed by atoms with Gasteiger partial charge in [0.15, 0.2) is 0 Å². The second-order valence-electron chi connectivity index (χ2n) is 6.55. The first-order valence-electron chi connectivity index (χ1n) is 9.04. The summed E-state index contributed by atoms with van der Waals surface area (Å²) in [4.78, 5) is 10.5. The number of aryl methyl sites for hydroxylation is 2. The number of benzene rings is 3. The highest BCUT2D eigenvalue weighted by atomic mass is 32.2. The zero-order valence-electron chi connectivity index (χ0n) is 15.5. The van der Waals surface area contributed by atoms with Gasteiger partial charge >= 0.3 is 5.97 Å². The summed E-state index contributed by atoms with van der Waals surface area (Å²) >= 11 is 0. The van der Waals surface area contributed by atoms with Crippen LogP contribution in [0.4, 0.5) is 10.1 Å². The van der Waals surface area contributed by atoms with Gasteiger partial charge in [-0.2, -0.15) is 0 Å². The molecule has 0 saturated carbocycles. The topological polar surface area (TPSA) is 83.5 Å². The number of carboxylic acids is 1. The molecule has 0 aliphatic carbocycles. The summed E-state index contributed by atoms with van der Waals surface area (Å²) in [6, 6.07) is 18.9. The van der Waals surface area contributed by atoms with Crippen LogP contribution in [0.1, 0.15) is 27.9 Å². The van der Waals surface area contributed by atoms with E-state index in [1.807, 2.05) is 12.1 Å². The minimum Gasteiger partial charge on any atom is -0.478 e. The maximum Gasteiger partial charge on any atom is 0.335 e. The normalized spacial score (nSPS) is 11.2. The van der Waals surface area contributed by atoms with Gasteiger partial charge < -0.3 is 5.11 Å². The van der Waals surface area contributed by atoms with Crippen LogP contribution in [0, 0.1) is 5.82 Å². The van der Waals surface area contributed by atoms with E-state index in [4.69, 9.17) is 5.11 Å². The van der Waals surface area contributed by atoms with Crippen LogP contribution < -0.4 is 4.72 Å². The van der Waals surface area contributed by atoms with Crippen LogP contribution in [0.15, 0.2) is 77.7 Å². The third kappa shape index (κ3) is 5.20. The summed E-state index contributed by atoms with van der Waals surface area (Å²) < 4.78 is 41.5. The lowest BCUT2D eigenvalue weighted by atomic mass is 10.0. The molecule has 3 aromatic rings. The maximum atomic E-state index is 13.9. The van der Waals surface area contributed by atoms with Gasteiger partial charge in [-0.25, -0.2) is 17.6 Å². The molecule has 7 heteroatoms. The summed E-state index contributed by atoms with van der Waals surface area (Å²) in [6.07, 6.45) is 2.07. The van der Waals surface area contributed by atoms with Crippen LogP contribution >= 0.6 is 0 Å². The zero-order chi connectivity index (χ0) is 20.9. The van der Waals surface area contributed by atoms with Crippen LogP contribution in [-0.2, 0) is 22.9 Å². The van der Waals surface area contributed by atoms with E-state index in [1.54, 1.807) is 36.4 Å². The summed E-state index contributed by atoms with van der Waals surface area (Å²) in [5.74, 6) is -1.77. The first-order valence-corrected chi connectivity index (χ1v) is 10.5. The third-order valence-electron chi connectivity index (χ3n) is 4.50. The second kappa shape index (κ2) is 8.87. The Bertz CT molecular complexity index is 1110. The Kier molecular flexibility index (Phi) is 6.29. The Balaban J connectivity index is 1.69. The highest BCUT2D eigenvalue weighted by Gasteiger charge is 2.19. The molecule has 0 heterocycles. The molecule has 2 N–H and O–H groups in total. The number of sulfonamides is 1. The smallest absolute Gasteiger partial charge is 0.335 e. The van der Waals surface area contributed by atoms with Crippen molar-refractivity contribution < 1.29 is 22.7 Å². The van der Waals surface area contributed by atoms with Crippen molar-refractivity contribution >= 4 is 21.7 Å². The fourth-order valence-corrected chi connectivity index (χ4v) is 4.18. The number of para-hydroxylation sites is 1. The van der Waals surface area contributed by atoms with Crippen LogP contribution in [0.25, 0.3) is 0 Å². The van der Waals surface area contributed by atoms with Gasteiger partial charge in [0.2, 0.25) is 0 Å². The number of aromatic carboxylic acids is 1. The Labute approximate surface area is 168 Å². The molecule has 0 amide bonds. The van der Waals surface area contributed by atoms with Gasteiger partial charge in [0.25, 0.3) is 10.0 Å². The Morgan fingerprint density at radius 1 is 0.897 bits per heavy atom. The van der Waals surface area contributed by atoms with Gasteiger partial charge in [-0.3, -0.25) is 4.72 Å². The van der Waals surface area contributed by atoms with Crippen molar-refractivity contribution in [2.24, 2.45) is 0 Å². The number of rotatable bonds is 8. The van der Waals surface area contributed by atoms with Crippen molar-refractivity contribution in [3.63, 3.8) is 0 Å². The van der Waals surface area contributed by atoms with E-state index in [0.29, 0.717) is 18.5 Å². The van der Waals surface area contributed by atoms with E-state index in [0.717, 1.165) is 23.6 Å². The molecule has 3 rings (SSSR count). The first kappa shape index (κ1) is 20.5. The SMILES string of the molecule is O=C(O)c1ccc(CCCc2ccccc2NS(=O)(=O)c2ccccc2F)cc1. The Morgan fingerprint density at radius 3 is 2.24 bits per heavy atom. The molecule has 29 heavy (non-hydrogen) atoms. The third-order valence-corrected chi connectivity index (χ3v) is 5.90. The van der Waals surface area contributed by atoms with Gasteiger partial charge in [-0.1, -0.05) is 42.5 Å². The van der Waals surface area contributed by atoms with Crippen LogP contribution in [0.3, 0.4) is 0 Å². The summed E-state index contributed by atoms with van der Waals surface area (Å²) in [7, 11) is -4.04. The molecule has 0 spiro atoms. The molecule has 0 fully saturated rings. The molecule has 5 nitrogen and oxygen atoms in total. The van der Waals surface area contributed by atoms with Gasteiger partial charge in [0.1, 0.15) is 10.7 Å². The fourth-order valence-electron chi connectivity index (χ4n) is 3.00. The monoisotopic (exact) mass is 413 g/mol. The van der Waals surface area contributed by atoms with Crippen molar-refractivity contribution in [2.45, 2.75) is 24.2 Å². The first-order chi connectivity index (χ1) is 13.9. The van der Waals surface area contributed by atoms with Crippen LogP contribution in [0.2, 0.25) is 0 Å². The van der Waals surface area contributed by atoms with Crippen molar-refractivity contribution in [1.82, 2.24) is 0 Å². The van der Waals surface area contributed by atoms with Gasteiger partial charge in [0, 0.05) is 0 Å². The summed E-state index contributed by atoms with van der Waals surface area (Å²) in [5, 5.41) is 8.94. The lowest BCUT2D eigenvalue weighted by molar-refractivity contribution is 0.0697. The zero-order valence-corrected chi connectivity index (χ0v) is 16.3. The number of hydrogen-bond donors (Lipinski definition) is 2. The minimum absolute atomic E-state index is 0.238. The highest BCUT2D eigenvalue weighted by molar-refractivity contribution is 7.92. The molecule has 0 radical (unpaired) electrons. The molecule has 150 valence electrons. The van der Waals surface area contributed by atoms with E-state index >= 15 is 0 Å². The molecule has 0 bridgehead atoms. The van der Waals surface area contributed by atoms with Crippen molar-refractivity contribution in [3.8, 4) is 0 Å². The number of carboxylic acid groups (broad SMARTS) is 1. The average Bonchev–Trinajstić information content (AvgIpc) is 2.69. The molecule has 3 aromatic carbocycles. The largest absolute Gasteiger partial charge is 0.478 e. The lowest BCUT2D eigenvalue weighted by Crippen LogP contribution is -2.15. The molecular formula is C22H20FNO4S. The standard InChI is InChI=1S/C22H20FNO4S/c23-19-9-2-4-11-21(19)29(27,28)24-20-10-3-1-7-17(20)8-5-6-16-12-14-18(15-13-16)22(25)26/h1-4,7,9-15,24H,5-6,8H2,(H,25,26). The lowest BCUT2D eigenvalue weighted by Gasteiger charge is -2.13. The molecule has 0 aliphatic heterocycles. The number of halogens is 1. The van der Waals surface area contributed by atoms with E-state index < -0.39 is 26.7 Å². The summed E-state index contributed by atoms with van der Waals surface area (Å²) in [5.41, 5.74) is 2.45. The van der Waals surface area contributed by atoms with Gasteiger partial charge in [-0.05, 0) is 60.7 Å². The molecule has 0 aromatic heterocycles. The minimum atomic E-state index is -4.04. The van der Waals surface area contributed by atoms with E-state index in [1.165, 1.54) is 18.2 Å². The molecular weight excluding hydrogens is 393 g/mol. The Morgan fingerprint density at radius 2 is 1.55 bits per heavy atom. The molecule has 0 unspecified atom stereocenters. The Hall–Kier alpha value is -3.19. The number of nitrogens with one attached hydrogen (secondary N) is 1. The van der Waals surface area contributed by atoms with Crippen LogP contribution in [-0.4, -0.2) is 19.5 Å². The molecule has 0 saturated heterocycles. The van der Waals surface area contributed by atoms with E-state index in [9.17, 15) is 17.6 Å². The number of hydrogen-bond acceptors (Lipinski definition) is 3. The van der Waals surface area contributed by atoms with E-state index in [-0.39, 0.29) is 5.56 Å². The fraction of sp³-hybridized carbons (Fsp3) is 0.136. The maximum absolute atomic E-state index is 13.9. The highest BCUT2D eigenvalue weighted by Crippen LogP contribution is 2.23. The number of carbonyl (C=O) groups is 1. The number of anilines is 1. The van der Waals surface area contributed by atoms with Crippen LogP contribution in [0.5, 0.6) is 0 Å². The molecule has 0 aliphatic rings. The van der Waals surface area contributed by atoms with Crippen molar-refractivity contribution in [2.75, 3.05) is 4.72 Å². The van der Waals surface area contributed by atoms with Gasteiger partial charge in [0.05, 0.1) is 11.3 Å². The quantitative estimate of drug-likeness (QED) is 0.570. The summed E-state index contributed by atoms with van der Waals surface area (Å²) in [6.45, 7) is 0. The predicted octanol–water partition coefficient (Wildman–Crippen LogP) is 4.50. The van der Waals surface area contributed by atoms with Crippen molar-refractivity contribution in [3.05, 3.63) is 95.3 Å². The molecule has 0 atom stereocenters.